The van der Waals surface area contributed by atoms with E-state index in [4.69, 9.17) is 0 Å². The summed E-state index contributed by atoms with van der Waals surface area (Å²) in [5.41, 5.74) is 0. The monoisotopic (exact) mass is 250 g/mol. The number of rotatable bonds is 2. The minimum Gasteiger partial charge on any atom is -0.340 e. The first-order chi connectivity index (χ1) is 6.38. The number of hydrogen-bond acceptors (Lipinski definition) is 4. The smallest absolute Gasteiger partial charge is 0.225 e. The van der Waals surface area contributed by atoms with Crippen molar-refractivity contribution in [3.05, 3.63) is 18.5 Å². The summed E-state index contributed by atoms with van der Waals surface area (Å²) in [6.07, 6.45) is 4.73. The summed E-state index contributed by atoms with van der Waals surface area (Å²) in [7, 11) is 2.05. The standard InChI is InChI=1S/C9H14N4.2ClH/c1-13(8-3-6-10-7-8)9-11-4-2-5-12-9;;/h2,4-5,8,10H,3,6-7H2,1H3;2*1H. The molecule has 0 bridgehead atoms. The Kier molecular flexibility index (Phi) is 6.56. The van der Waals surface area contributed by atoms with Crippen LogP contribution in [0.15, 0.2) is 18.5 Å². The van der Waals surface area contributed by atoms with E-state index in [-0.39, 0.29) is 24.8 Å². The third-order valence-corrected chi connectivity index (χ3v) is 2.45. The number of aromatic nitrogens is 2. The number of hydrogen-bond donors (Lipinski definition) is 1. The van der Waals surface area contributed by atoms with Gasteiger partial charge in [-0.2, -0.15) is 0 Å². The molecule has 86 valence electrons. The summed E-state index contributed by atoms with van der Waals surface area (Å²) in [6.45, 7) is 2.14. The maximum atomic E-state index is 4.21. The summed E-state index contributed by atoms with van der Waals surface area (Å²) in [6, 6.07) is 2.38. The largest absolute Gasteiger partial charge is 0.340 e. The van der Waals surface area contributed by atoms with Crippen molar-refractivity contribution in [2.45, 2.75) is 12.5 Å². The molecule has 1 aliphatic heterocycles. The number of halogens is 2. The predicted octanol–water partition coefficient (Wildman–Crippen LogP) is 1.12. The highest BCUT2D eigenvalue weighted by Crippen LogP contribution is 2.11. The average molecular weight is 251 g/mol. The van der Waals surface area contributed by atoms with Gasteiger partial charge in [-0.1, -0.05) is 0 Å². The van der Waals surface area contributed by atoms with Crippen LogP contribution in [0.1, 0.15) is 6.42 Å². The lowest BCUT2D eigenvalue weighted by Gasteiger charge is -2.23. The average Bonchev–Trinajstić information content (AvgIpc) is 2.71. The second-order valence-electron chi connectivity index (χ2n) is 3.31. The fraction of sp³-hybridized carbons (Fsp3) is 0.556. The normalized spacial score (nSPS) is 18.9. The second kappa shape index (κ2) is 6.82. The zero-order valence-corrected chi connectivity index (χ0v) is 10.2. The molecule has 15 heavy (non-hydrogen) atoms. The summed E-state index contributed by atoms with van der Waals surface area (Å²) < 4.78 is 0. The Morgan fingerprint density at radius 1 is 1.33 bits per heavy atom. The molecule has 2 rings (SSSR count). The molecule has 1 atom stereocenters. The second-order valence-corrected chi connectivity index (χ2v) is 3.31. The van der Waals surface area contributed by atoms with Gasteiger partial charge in [0.05, 0.1) is 0 Å². The van der Waals surface area contributed by atoms with Crippen molar-refractivity contribution in [1.82, 2.24) is 15.3 Å². The van der Waals surface area contributed by atoms with E-state index in [0.29, 0.717) is 6.04 Å². The minimum absolute atomic E-state index is 0. The van der Waals surface area contributed by atoms with E-state index in [1.807, 2.05) is 13.1 Å². The number of anilines is 1. The number of nitrogens with one attached hydrogen (secondary N) is 1. The van der Waals surface area contributed by atoms with E-state index in [1.165, 1.54) is 6.42 Å². The molecule has 0 spiro atoms. The van der Waals surface area contributed by atoms with Crippen LogP contribution in [0.2, 0.25) is 0 Å². The zero-order chi connectivity index (χ0) is 9.10. The van der Waals surface area contributed by atoms with E-state index in [0.717, 1.165) is 19.0 Å². The maximum Gasteiger partial charge on any atom is 0.225 e. The van der Waals surface area contributed by atoms with Gasteiger partial charge in [-0.15, -0.1) is 24.8 Å². The predicted molar refractivity (Wildman–Crippen MR) is 66.2 cm³/mol. The Hall–Kier alpha value is -0.580. The van der Waals surface area contributed by atoms with Crippen LogP contribution in [0.3, 0.4) is 0 Å². The lowest BCUT2D eigenvalue weighted by Crippen LogP contribution is -2.34. The van der Waals surface area contributed by atoms with Gasteiger partial charge in [0.25, 0.3) is 0 Å². The van der Waals surface area contributed by atoms with Crippen molar-refractivity contribution in [3.63, 3.8) is 0 Å². The molecule has 1 unspecified atom stereocenters. The SMILES string of the molecule is CN(c1ncccn1)C1CCNC1.Cl.Cl. The van der Waals surface area contributed by atoms with Gasteiger partial charge in [-0.25, -0.2) is 9.97 Å². The molecular formula is C9H16Cl2N4. The Morgan fingerprint density at radius 3 is 2.53 bits per heavy atom. The van der Waals surface area contributed by atoms with Crippen LogP contribution in [0.4, 0.5) is 5.95 Å². The van der Waals surface area contributed by atoms with Crippen LogP contribution < -0.4 is 10.2 Å². The third-order valence-electron chi connectivity index (χ3n) is 2.45. The van der Waals surface area contributed by atoms with Crippen LogP contribution in [0, 0.1) is 0 Å². The Balaban J connectivity index is 0.000000980. The zero-order valence-electron chi connectivity index (χ0n) is 8.59. The summed E-state index contributed by atoms with van der Waals surface area (Å²) in [4.78, 5) is 10.6. The molecule has 0 aliphatic carbocycles. The molecular weight excluding hydrogens is 235 g/mol. The van der Waals surface area contributed by atoms with Crippen molar-refractivity contribution in [2.75, 3.05) is 25.0 Å². The fourth-order valence-electron chi connectivity index (χ4n) is 1.61. The molecule has 2 heterocycles. The first-order valence-electron chi connectivity index (χ1n) is 4.58. The van der Waals surface area contributed by atoms with Crippen LogP contribution in [-0.4, -0.2) is 36.1 Å². The Morgan fingerprint density at radius 2 is 2.00 bits per heavy atom. The molecule has 6 heteroatoms. The molecule has 0 aromatic carbocycles. The molecule has 1 N–H and O–H groups in total. The van der Waals surface area contributed by atoms with Crippen LogP contribution in [0.25, 0.3) is 0 Å². The topological polar surface area (TPSA) is 41.1 Å². The lowest BCUT2D eigenvalue weighted by atomic mass is 10.2. The number of nitrogens with zero attached hydrogens (tertiary/aromatic N) is 3. The molecule has 0 saturated carbocycles. The third kappa shape index (κ3) is 3.48. The van der Waals surface area contributed by atoms with Gasteiger partial charge in [0, 0.05) is 32.0 Å². The first kappa shape index (κ1) is 14.4. The highest BCUT2D eigenvalue weighted by Gasteiger charge is 2.20. The van der Waals surface area contributed by atoms with Crippen molar-refractivity contribution >= 4 is 30.8 Å². The van der Waals surface area contributed by atoms with Gasteiger partial charge < -0.3 is 10.2 Å². The molecule has 1 aromatic heterocycles. The maximum absolute atomic E-state index is 4.21. The van der Waals surface area contributed by atoms with Gasteiger partial charge in [0.1, 0.15) is 0 Å². The molecule has 0 amide bonds. The fourth-order valence-corrected chi connectivity index (χ4v) is 1.61. The lowest BCUT2D eigenvalue weighted by molar-refractivity contribution is 0.668. The van der Waals surface area contributed by atoms with E-state index >= 15 is 0 Å². The van der Waals surface area contributed by atoms with E-state index in [2.05, 4.69) is 20.2 Å². The molecule has 1 fully saturated rings. The van der Waals surface area contributed by atoms with Crippen molar-refractivity contribution in [1.29, 1.82) is 0 Å². The van der Waals surface area contributed by atoms with Gasteiger partial charge in [0.2, 0.25) is 5.95 Å². The summed E-state index contributed by atoms with van der Waals surface area (Å²) >= 11 is 0. The number of likely N-dealkylation sites (N-methyl/N-ethyl adjacent to an activating group) is 1. The summed E-state index contributed by atoms with van der Waals surface area (Å²) in [5.74, 6) is 0.816. The van der Waals surface area contributed by atoms with Gasteiger partial charge in [-0.05, 0) is 19.0 Å². The van der Waals surface area contributed by atoms with Gasteiger partial charge >= 0.3 is 0 Å². The van der Waals surface area contributed by atoms with Crippen molar-refractivity contribution in [2.24, 2.45) is 0 Å². The van der Waals surface area contributed by atoms with Crippen molar-refractivity contribution < 1.29 is 0 Å². The minimum atomic E-state index is 0. The highest BCUT2D eigenvalue weighted by molar-refractivity contribution is 5.85. The molecule has 1 saturated heterocycles. The van der Waals surface area contributed by atoms with E-state index in [9.17, 15) is 0 Å². The quantitative estimate of drug-likeness (QED) is 0.855. The van der Waals surface area contributed by atoms with E-state index < -0.39 is 0 Å². The molecule has 0 radical (unpaired) electrons. The highest BCUT2D eigenvalue weighted by atomic mass is 35.5. The van der Waals surface area contributed by atoms with Crippen LogP contribution in [-0.2, 0) is 0 Å². The Bertz CT molecular complexity index is 264. The first-order valence-corrected chi connectivity index (χ1v) is 4.58. The molecule has 4 nitrogen and oxygen atoms in total. The molecule has 1 aromatic rings. The van der Waals surface area contributed by atoms with E-state index in [1.54, 1.807) is 12.4 Å². The van der Waals surface area contributed by atoms with Gasteiger partial charge in [0.15, 0.2) is 0 Å². The Labute approximate surface area is 102 Å². The van der Waals surface area contributed by atoms with Crippen LogP contribution in [0.5, 0.6) is 0 Å². The van der Waals surface area contributed by atoms with Crippen LogP contribution >= 0.6 is 24.8 Å². The van der Waals surface area contributed by atoms with Gasteiger partial charge in [-0.3, -0.25) is 0 Å². The summed E-state index contributed by atoms with van der Waals surface area (Å²) in [5, 5.41) is 3.33. The van der Waals surface area contributed by atoms with Crippen molar-refractivity contribution in [3.8, 4) is 0 Å². The molecule has 1 aliphatic rings.